The fraction of sp³-hybridized carbons (Fsp3) is 0.292. The Kier molecular flexibility index (Phi) is 5.16. The first-order valence-electron chi connectivity index (χ1n) is 10.7. The van der Waals surface area contributed by atoms with E-state index in [4.69, 9.17) is 0 Å². The van der Waals surface area contributed by atoms with E-state index in [1.54, 1.807) is 23.4 Å². The number of anilines is 1. The zero-order chi connectivity index (χ0) is 21.2. The quantitative estimate of drug-likeness (QED) is 0.656. The molecular weight excluding hydrogens is 390 g/mol. The number of rotatable bonds is 4. The molecule has 0 unspecified atom stereocenters. The lowest BCUT2D eigenvalue weighted by atomic mass is 9.97. The predicted molar refractivity (Wildman–Crippen MR) is 118 cm³/mol. The number of fused-ring (bicyclic) bond motifs is 1. The lowest BCUT2D eigenvalue weighted by molar-refractivity contribution is -0.119. The molecule has 7 nitrogen and oxygen atoms in total. The van der Waals surface area contributed by atoms with Gasteiger partial charge >= 0.3 is 0 Å². The minimum atomic E-state index is -0.260. The van der Waals surface area contributed by atoms with Crippen LogP contribution in [-0.4, -0.2) is 32.4 Å². The van der Waals surface area contributed by atoms with Gasteiger partial charge in [0.2, 0.25) is 5.91 Å². The molecule has 0 spiro atoms. The monoisotopic (exact) mass is 413 g/mol. The van der Waals surface area contributed by atoms with Crippen molar-refractivity contribution in [1.29, 1.82) is 0 Å². The highest BCUT2D eigenvalue weighted by molar-refractivity contribution is 5.96. The minimum absolute atomic E-state index is 0.0690. The Morgan fingerprint density at radius 2 is 1.97 bits per heavy atom. The van der Waals surface area contributed by atoms with Gasteiger partial charge in [-0.3, -0.25) is 9.59 Å². The summed E-state index contributed by atoms with van der Waals surface area (Å²) in [4.78, 5) is 27.3. The maximum Gasteiger partial charge on any atom is 0.267 e. The summed E-state index contributed by atoms with van der Waals surface area (Å²) in [5, 5.41) is 12.3. The number of hydrogen-bond donors (Lipinski definition) is 0. The van der Waals surface area contributed by atoms with Crippen LogP contribution < -0.4 is 10.5 Å². The van der Waals surface area contributed by atoms with Crippen molar-refractivity contribution in [3.05, 3.63) is 76.5 Å². The third-order valence-corrected chi connectivity index (χ3v) is 6.00. The average molecular weight is 413 g/mol. The summed E-state index contributed by atoms with van der Waals surface area (Å²) >= 11 is 0. The minimum Gasteiger partial charge on any atom is -0.310 e. The predicted octanol–water partition coefficient (Wildman–Crippen LogP) is 3.25. The summed E-state index contributed by atoms with van der Waals surface area (Å²) in [6.07, 6.45) is 10.7. The molecule has 5 rings (SSSR count). The molecule has 0 saturated heterocycles. The normalized spacial score (nSPS) is 15.5. The van der Waals surface area contributed by atoms with Crippen LogP contribution in [0.2, 0.25) is 0 Å². The van der Waals surface area contributed by atoms with Gasteiger partial charge in [0, 0.05) is 23.9 Å². The standard InChI is InChI=1S/C24H23N5O2/c30-23-10-9-21(17-5-2-1-3-6-17)27-29(23)16-24(31)28-14-12-20-19(7-4-8-22(20)28)18-11-13-25-26-15-18/h4-5,7-11,13,15H,1-3,6,12,14,16H2. The molecule has 2 aliphatic rings. The van der Waals surface area contributed by atoms with Gasteiger partial charge in [-0.25, -0.2) is 4.68 Å². The van der Waals surface area contributed by atoms with Gasteiger partial charge in [0.15, 0.2) is 0 Å². The van der Waals surface area contributed by atoms with E-state index in [0.717, 1.165) is 59.3 Å². The molecule has 0 N–H and O–H groups in total. The third kappa shape index (κ3) is 3.79. The van der Waals surface area contributed by atoms with E-state index in [-0.39, 0.29) is 18.0 Å². The Morgan fingerprint density at radius 3 is 2.77 bits per heavy atom. The second kappa shape index (κ2) is 8.26. The van der Waals surface area contributed by atoms with Crippen LogP contribution >= 0.6 is 0 Å². The molecule has 0 radical (unpaired) electrons. The first kappa shape index (κ1) is 19.4. The number of nitrogens with zero attached hydrogens (tertiary/aromatic N) is 5. The zero-order valence-corrected chi connectivity index (χ0v) is 17.2. The number of carbonyl (C=O) groups excluding carboxylic acids is 1. The van der Waals surface area contributed by atoms with Crippen LogP contribution in [0.3, 0.4) is 0 Å². The van der Waals surface area contributed by atoms with E-state index in [0.29, 0.717) is 6.54 Å². The van der Waals surface area contributed by atoms with Crippen LogP contribution in [0.25, 0.3) is 16.7 Å². The van der Waals surface area contributed by atoms with E-state index < -0.39 is 0 Å². The Balaban J connectivity index is 1.41. The van der Waals surface area contributed by atoms with Crippen LogP contribution in [0, 0.1) is 0 Å². The second-order valence-corrected chi connectivity index (χ2v) is 7.92. The zero-order valence-electron chi connectivity index (χ0n) is 17.2. The van der Waals surface area contributed by atoms with Crippen LogP contribution in [0.5, 0.6) is 0 Å². The summed E-state index contributed by atoms with van der Waals surface area (Å²) in [5.41, 5.74) is 5.74. The first-order chi connectivity index (χ1) is 15.2. The summed E-state index contributed by atoms with van der Waals surface area (Å²) in [7, 11) is 0. The molecule has 3 heterocycles. The van der Waals surface area contributed by atoms with E-state index in [2.05, 4.69) is 21.4 Å². The topological polar surface area (TPSA) is 81.0 Å². The van der Waals surface area contributed by atoms with E-state index in [1.165, 1.54) is 17.2 Å². The van der Waals surface area contributed by atoms with Crippen molar-refractivity contribution in [2.45, 2.75) is 38.6 Å². The smallest absolute Gasteiger partial charge is 0.267 e. The molecule has 0 saturated carbocycles. The molecule has 1 amide bonds. The highest BCUT2D eigenvalue weighted by Gasteiger charge is 2.27. The van der Waals surface area contributed by atoms with Gasteiger partial charge in [-0.2, -0.15) is 15.3 Å². The highest BCUT2D eigenvalue weighted by atomic mass is 16.2. The van der Waals surface area contributed by atoms with Gasteiger partial charge in [-0.1, -0.05) is 18.2 Å². The molecule has 1 aromatic carbocycles. The van der Waals surface area contributed by atoms with E-state index >= 15 is 0 Å². The van der Waals surface area contributed by atoms with Gasteiger partial charge in [0.25, 0.3) is 5.56 Å². The van der Waals surface area contributed by atoms with Gasteiger partial charge < -0.3 is 4.90 Å². The number of aromatic nitrogens is 4. The van der Waals surface area contributed by atoms with Crippen LogP contribution in [-0.2, 0) is 17.8 Å². The number of amides is 1. The number of carbonyl (C=O) groups is 1. The largest absolute Gasteiger partial charge is 0.310 e. The SMILES string of the molecule is O=C(Cn1nc(C2=CCCCC2)ccc1=O)N1CCc2c(-c3ccnnc3)cccc21. The second-order valence-electron chi connectivity index (χ2n) is 7.92. The fourth-order valence-corrected chi connectivity index (χ4v) is 4.43. The van der Waals surface area contributed by atoms with E-state index in [1.807, 2.05) is 24.3 Å². The van der Waals surface area contributed by atoms with Crippen molar-refractivity contribution in [2.75, 3.05) is 11.4 Å². The van der Waals surface area contributed by atoms with Crippen LogP contribution in [0.4, 0.5) is 5.69 Å². The fourth-order valence-electron chi connectivity index (χ4n) is 4.43. The molecule has 2 aromatic heterocycles. The molecule has 0 atom stereocenters. The molecule has 0 fully saturated rings. The summed E-state index contributed by atoms with van der Waals surface area (Å²) in [6, 6.07) is 11.1. The van der Waals surface area contributed by atoms with Crippen molar-refractivity contribution >= 4 is 17.2 Å². The lowest BCUT2D eigenvalue weighted by Crippen LogP contribution is -2.36. The Bertz CT molecular complexity index is 1220. The van der Waals surface area contributed by atoms with Gasteiger partial charge in [-0.05, 0) is 67.0 Å². The lowest BCUT2D eigenvalue weighted by Gasteiger charge is -2.19. The third-order valence-electron chi connectivity index (χ3n) is 6.00. The summed E-state index contributed by atoms with van der Waals surface area (Å²) < 4.78 is 1.29. The Hall–Kier alpha value is -3.61. The highest BCUT2D eigenvalue weighted by Crippen LogP contribution is 2.36. The van der Waals surface area contributed by atoms with Crippen LogP contribution in [0.15, 0.2) is 59.7 Å². The molecule has 7 heteroatoms. The molecule has 3 aromatic rings. The Morgan fingerprint density at radius 1 is 1.03 bits per heavy atom. The maximum atomic E-state index is 13.2. The van der Waals surface area contributed by atoms with Crippen molar-refractivity contribution < 1.29 is 4.79 Å². The van der Waals surface area contributed by atoms with Gasteiger partial charge in [0.1, 0.15) is 6.54 Å². The van der Waals surface area contributed by atoms with Crippen molar-refractivity contribution in [3.63, 3.8) is 0 Å². The van der Waals surface area contributed by atoms with Crippen molar-refractivity contribution in [1.82, 2.24) is 20.0 Å². The van der Waals surface area contributed by atoms with Gasteiger partial charge in [-0.15, -0.1) is 0 Å². The summed E-state index contributed by atoms with van der Waals surface area (Å²) in [5.74, 6) is -0.131. The van der Waals surface area contributed by atoms with E-state index in [9.17, 15) is 9.59 Å². The number of allylic oxidation sites excluding steroid dienone is 2. The van der Waals surface area contributed by atoms with Crippen molar-refractivity contribution in [3.8, 4) is 11.1 Å². The summed E-state index contributed by atoms with van der Waals surface area (Å²) in [6.45, 7) is 0.518. The van der Waals surface area contributed by atoms with Crippen LogP contribution in [0.1, 0.15) is 36.9 Å². The maximum absolute atomic E-state index is 13.2. The number of hydrogen-bond acceptors (Lipinski definition) is 5. The average Bonchev–Trinajstić information content (AvgIpc) is 3.26. The molecule has 31 heavy (non-hydrogen) atoms. The van der Waals surface area contributed by atoms with Crippen molar-refractivity contribution in [2.24, 2.45) is 0 Å². The molecule has 0 bridgehead atoms. The molecular formula is C24H23N5O2. The van der Waals surface area contributed by atoms with Gasteiger partial charge in [0.05, 0.1) is 18.1 Å². The molecule has 1 aliphatic heterocycles. The number of benzene rings is 1. The Labute approximate surface area is 180 Å². The molecule has 1 aliphatic carbocycles. The first-order valence-corrected chi connectivity index (χ1v) is 10.7. The molecule has 156 valence electrons.